The molecule has 2 aromatic heterocycles. The molecular formula is C16H17BrClN6O2+. The van der Waals surface area contributed by atoms with Crippen molar-refractivity contribution in [3.05, 3.63) is 39.3 Å². The van der Waals surface area contributed by atoms with Crippen molar-refractivity contribution in [2.45, 2.75) is 20.1 Å². The van der Waals surface area contributed by atoms with E-state index in [-0.39, 0.29) is 29.1 Å². The van der Waals surface area contributed by atoms with Crippen molar-refractivity contribution in [3.8, 4) is 0 Å². The number of halogens is 2. The third-order valence-electron chi connectivity index (χ3n) is 4.04. The van der Waals surface area contributed by atoms with Gasteiger partial charge < -0.3 is 16.2 Å². The van der Waals surface area contributed by atoms with Crippen molar-refractivity contribution in [1.82, 2.24) is 14.5 Å². The molecule has 1 aromatic carbocycles. The SMILES string of the molecule is CC[n+]1c(COC(=O)c2nc(Cl)c(N)nc2N)n(C)c2cc(Br)ccc21. The Morgan fingerprint density at radius 2 is 2.08 bits per heavy atom. The van der Waals surface area contributed by atoms with E-state index < -0.39 is 5.97 Å². The fraction of sp³-hybridized carbons (Fsp3) is 0.250. The lowest BCUT2D eigenvalue weighted by Crippen LogP contribution is -2.37. The second-order valence-electron chi connectivity index (χ2n) is 5.56. The van der Waals surface area contributed by atoms with Crippen LogP contribution in [0.5, 0.6) is 0 Å². The average molecular weight is 441 g/mol. The molecule has 10 heteroatoms. The summed E-state index contributed by atoms with van der Waals surface area (Å²) < 4.78 is 10.4. The maximum Gasteiger partial charge on any atom is 0.361 e. The zero-order chi connectivity index (χ0) is 19.0. The van der Waals surface area contributed by atoms with Gasteiger partial charge in [0.15, 0.2) is 40.1 Å². The minimum Gasteiger partial charge on any atom is -0.448 e. The summed E-state index contributed by atoms with van der Waals surface area (Å²) in [5.41, 5.74) is 13.1. The highest BCUT2D eigenvalue weighted by Gasteiger charge is 2.25. The number of hydrogen-bond acceptors (Lipinski definition) is 6. The van der Waals surface area contributed by atoms with Crippen LogP contribution in [0.3, 0.4) is 0 Å². The first-order valence-electron chi connectivity index (χ1n) is 7.75. The van der Waals surface area contributed by atoms with E-state index >= 15 is 0 Å². The number of carbonyl (C=O) groups is 1. The molecule has 4 N–H and O–H groups in total. The predicted octanol–water partition coefficient (Wildman–Crippen LogP) is 2.21. The van der Waals surface area contributed by atoms with Crippen LogP contribution in [0.1, 0.15) is 23.2 Å². The summed E-state index contributed by atoms with van der Waals surface area (Å²) >= 11 is 9.29. The molecule has 0 spiro atoms. The summed E-state index contributed by atoms with van der Waals surface area (Å²) in [5.74, 6) is -0.0574. The summed E-state index contributed by atoms with van der Waals surface area (Å²) in [6.07, 6.45) is 0. The second-order valence-corrected chi connectivity index (χ2v) is 6.84. The van der Waals surface area contributed by atoms with Crippen molar-refractivity contribution in [3.63, 3.8) is 0 Å². The van der Waals surface area contributed by atoms with Crippen LogP contribution in [0.25, 0.3) is 11.0 Å². The fourth-order valence-electron chi connectivity index (χ4n) is 2.77. The first-order chi connectivity index (χ1) is 12.3. The molecule has 0 aliphatic heterocycles. The lowest BCUT2D eigenvalue weighted by Gasteiger charge is -2.06. The number of nitrogen functional groups attached to an aromatic ring is 2. The number of rotatable bonds is 4. The number of aromatic nitrogens is 4. The van der Waals surface area contributed by atoms with Gasteiger partial charge in [-0.25, -0.2) is 23.9 Å². The highest BCUT2D eigenvalue weighted by Crippen LogP contribution is 2.21. The molecule has 3 aromatic rings. The Bertz CT molecular complexity index is 1020. The molecule has 0 bridgehead atoms. The van der Waals surface area contributed by atoms with Gasteiger partial charge in [0.25, 0.3) is 5.82 Å². The molecule has 0 amide bonds. The van der Waals surface area contributed by atoms with E-state index in [2.05, 4.69) is 30.5 Å². The Labute approximate surface area is 162 Å². The average Bonchev–Trinajstić information content (AvgIpc) is 2.87. The number of hydrogen-bond donors (Lipinski definition) is 2. The number of benzene rings is 1. The number of anilines is 2. The highest BCUT2D eigenvalue weighted by atomic mass is 79.9. The van der Waals surface area contributed by atoms with E-state index in [0.29, 0.717) is 0 Å². The van der Waals surface area contributed by atoms with Crippen LogP contribution in [-0.2, 0) is 24.9 Å². The topological polar surface area (TPSA) is 113 Å². The molecule has 0 aliphatic rings. The van der Waals surface area contributed by atoms with Gasteiger partial charge in [-0.2, -0.15) is 0 Å². The van der Waals surface area contributed by atoms with Crippen LogP contribution < -0.4 is 16.0 Å². The normalized spacial score (nSPS) is 11.1. The third kappa shape index (κ3) is 3.19. The second kappa shape index (κ2) is 7.08. The minimum absolute atomic E-state index is 0.0381. The molecule has 0 radical (unpaired) electrons. The van der Waals surface area contributed by atoms with Crippen LogP contribution in [0, 0.1) is 0 Å². The van der Waals surface area contributed by atoms with Crippen molar-refractivity contribution >= 4 is 56.2 Å². The number of nitrogens with two attached hydrogens (primary N) is 2. The zero-order valence-electron chi connectivity index (χ0n) is 14.2. The maximum absolute atomic E-state index is 12.4. The van der Waals surface area contributed by atoms with Crippen LogP contribution in [-0.4, -0.2) is 20.5 Å². The highest BCUT2D eigenvalue weighted by molar-refractivity contribution is 9.10. The Morgan fingerprint density at radius 3 is 2.77 bits per heavy atom. The third-order valence-corrected chi connectivity index (χ3v) is 4.81. The molecule has 3 rings (SSSR count). The number of aryl methyl sites for hydroxylation is 2. The number of carbonyl (C=O) groups excluding carboxylic acids is 1. The number of esters is 1. The van der Waals surface area contributed by atoms with Gasteiger partial charge in [-0.05, 0) is 19.1 Å². The van der Waals surface area contributed by atoms with Crippen LogP contribution in [0.2, 0.25) is 5.15 Å². The van der Waals surface area contributed by atoms with Crippen LogP contribution >= 0.6 is 27.5 Å². The Balaban J connectivity index is 1.91. The summed E-state index contributed by atoms with van der Waals surface area (Å²) in [6, 6.07) is 5.99. The fourth-order valence-corrected chi connectivity index (χ4v) is 3.25. The van der Waals surface area contributed by atoms with E-state index in [1.165, 1.54) is 0 Å². The van der Waals surface area contributed by atoms with Crippen LogP contribution in [0.4, 0.5) is 11.6 Å². The quantitative estimate of drug-likeness (QED) is 0.475. The molecule has 26 heavy (non-hydrogen) atoms. The summed E-state index contributed by atoms with van der Waals surface area (Å²) in [4.78, 5) is 20.0. The number of nitrogens with zero attached hydrogens (tertiary/aromatic N) is 4. The number of imidazole rings is 1. The monoisotopic (exact) mass is 439 g/mol. The Kier molecular flexibility index (Phi) is 5.01. The number of ether oxygens (including phenoxy) is 1. The van der Waals surface area contributed by atoms with Gasteiger partial charge in [-0.3, -0.25) is 0 Å². The van der Waals surface area contributed by atoms with Gasteiger partial charge in [-0.15, -0.1) is 0 Å². The molecule has 136 valence electrons. The van der Waals surface area contributed by atoms with E-state index in [1.807, 2.05) is 36.7 Å². The smallest absolute Gasteiger partial charge is 0.361 e. The molecule has 0 aliphatic carbocycles. The summed E-state index contributed by atoms with van der Waals surface area (Å²) in [5, 5.41) is -0.0933. The predicted molar refractivity (Wildman–Crippen MR) is 101 cm³/mol. The lowest BCUT2D eigenvalue weighted by atomic mass is 10.3. The van der Waals surface area contributed by atoms with Gasteiger partial charge in [0, 0.05) is 10.5 Å². The molecule has 0 saturated heterocycles. The van der Waals surface area contributed by atoms with Crippen molar-refractivity contribution < 1.29 is 14.1 Å². The first kappa shape index (κ1) is 18.4. The molecule has 8 nitrogen and oxygen atoms in total. The maximum atomic E-state index is 12.4. The van der Waals surface area contributed by atoms with E-state index in [1.54, 1.807) is 0 Å². The van der Waals surface area contributed by atoms with E-state index in [4.69, 9.17) is 27.8 Å². The Morgan fingerprint density at radius 1 is 1.35 bits per heavy atom. The van der Waals surface area contributed by atoms with Crippen molar-refractivity contribution in [1.29, 1.82) is 0 Å². The van der Waals surface area contributed by atoms with Crippen LogP contribution in [0.15, 0.2) is 22.7 Å². The lowest BCUT2D eigenvalue weighted by molar-refractivity contribution is -0.678. The summed E-state index contributed by atoms with van der Waals surface area (Å²) in [6.45, 7) is 2.79. The molecular weight excluding hydrogens is 424 g/mol. The molecule has 2 heterocycles. The molecule has 0 fully saturated rings. The van der Waals surface area contributed by atoms with Crippen molar-refractivity contribution in [2.75, 3.05) is 11.5 Å². The zero-order valence-corrected chi connectivity index (χ0v) is 16.5. The van der Waals surface area contributed by atoms with E-state index in [9.17, 15) is 4.79 Å². The van der Waals surface area contributed by atoms with Gasteiger partial charge in [0.1, 0.15) is 0 Å². The molecule has 0 atom stereocenters. The van der Waals surface area contributed by atoms with Gasteiger partial charge in [-0.1, -0.05) is 27.5 Å². The minimum atomic E-state index is -0.717. The van der Waals surface area contributed by atoms with Gasteiger partial charge in [0.2, 0.25) is 0 Å². The summed E-state index contributed by atoms with van der Waals surface area (Å²) in [7, 11) is 1.92. The van der Waals surface area contributed by atoms with Crippen molar-refractivity contribution in [2.24, 2.45) is 7.05 Å². The van der Waals surface area contributed by atoms with Gasteiger partial charge >= 0.3 is 5.97 Å². The first-order valence-corrected chi connectivity index (χ1v) is 8.92. The Hall–Kier alpha value is -2.39. The standard InChI is InChI=1S/C16H16BrClN6O2/c1-3-24-9-5-4-8(17)6-10(9)23(2)11(24)7-26-16(25)12-14(19)22-15(20)13(18)21-12/h4-6H,3,7H2,1-2H3,(H3-,19,20,22,25)/p+1. The molecule has 0 unspecified atom stereocenters. The largest absolute Gasteiger partial charge is 0.448 e. The molecule has 0 saturated carbocycles. The van der Waals surface area contributed by atoms with Gasteiger partial charge in [0.05, 0.1) is 13.6 Å². The number of fused-ring (bicyclic) bond motifs is 1. The van der Waals surface area contributed by atoms with E-state index in [0.717, 1.165) is 27.9 Å².